The third-order valence-corrected chi connectivity index (χ3v) is 3.74. The third kappa shape index (κ3) is 1.44. The zero-order valence-corrected chi connectivity index (χ0v) is 8.93. The van der Waals surface area contributed by atoms with Gasteiger partial charge in [0.15, 0.2) is 0 Å². The molecule has 0 saturated heterocycles. The molecule has 6 heteroatoms. The number of aromatic nitrogens is 2. The first-order valence-electron chi connectivity index (χ1n) is 4.38. The fourth-order valence-corrected chi connectivity index (χ4v) is 2.42. The van der Waals surface area contributed by atoms with Crippen LogP contribution in [0.15, 0.2) is 11.1 Å². The van der Waals surface area contributed by atoms with Crippen LogP contribution in [0.2, 0.25) is 0 Å². The van der Waals surface area contributed by atoms with Crippen molar-refractivity contribution in [1.82, 2.24) is 10.2 Å². The normalized spacial score (nSPS) is 24.9. The van der Waals surface area contributed by atoms with E-state index in [9.17, 15) is 8.42 Å². The van der Waals surface area contributed by atoms with Gasteiger partial charge in [-0.3, -0.25) is 5.10 Å². The fourth-order valence-electron chi connectivity index (χ4n) is 1.72. The second-order valence-corrected chi connectivity index (χ2v) is 5.97. The Morgan fingerprint density at radius 3 is 2.64 bits per heavy atom. The molecular formula is C8H13N3O2S. The van der Waals surface area contributed by atoms with Crippen molar-refractivity contribution in [2.24, 2.45) is 10.6 Å². The van der Waals surface area contributed by atoms with Crippen LogP contribution in [0.4, 0.5) is 0 Å². The van der Waals surface area contributed by atoms with Crippen LogP contribution in [0.1, 0.15) is 31.9 Å². The van der Waals surface area contributed by atoms with Crippen LogP contribution in [0.25, 0.3) is 0 Å². The zero-order valence-electron chi connectivity index (χ0n) is 8.11. The molecule has 1 aliphatic rings. The molecule has 3 N–H and O–H groups in total. The van der Waals surface area contributed by atoms with Crippen molar-refractivity contribution in [2.45, 2.75) is 31.1 Å². The Hall–Kier alpha value is -0.880. The third-order valence-electron chi connectivity index (χ3n) is 2.80. The summed E-state index contributed by atoms with van der Waals surface area (Å²) in [5.41, 5.74) is 0.809. The number of hydrogen-bond donors (Lipinski definition) is 2. The summed E-state index contributed by atoms with van der Waals surface area (Å²) in [6, 6.07) is 0. The van der Waals surface area contributed by atoms with Gasteiger partial charge in [-0.25, -0.2) is 13.6 Å². The maximum atomic E-state index is 11.2. The Kier molecular flexibility index (Phi) is 1.78. The average molecular weight is 215 g/mol. The van der Waals surface area contributed by atoms with Gasteiger partial charge in [-0.2, -0.15) is 5.10 Å². The quantitative estimate of drug-likeness (QED) is 0.755. The van der Waals surface area contributed by atoms with Gasteiger partial charge in [0.1, 0.15) is 4.90 Å². The van der Waals surface area contributed by atoms with Gasteiger partial charge < -0.3 is 0 Å². The highest BCUT2D eigenvalue weighted by molar-refractivity contribution is 7.89. The molecule has 0 bridgehead atoms. The van der Waals surface area contributed by atoms with E-state index in [1.807, 2.05) is 0 Å². The standard InChI is InChI=1S/C8H13N3O2S/c1-8(2)3-5(8)7-6(4-10-11-7)14(9,12)13/h4-5H,3H2,1-2H3,(H,10,11)(H2,9,12,13). The highest BCUT2D eigenvalue weighted by Crippen LogP contribution is 2.58. The smallest absolute Gasteiger partial charge is 0.241 e. The summed E-state index contributed by atoms with van der Waals surface area (Å²) >= 11 is 0. The molecule has 0 aromatic carbocycles. The second kappa shape index (κ2) is 2.58. The monoisotopic (exact) mass is 215 g/mol. The second-order valence-electron chi connectivity index (χ2n) is 4.44. The summed E-state index contributed by atoms with van der Waals surface area (Å²) < 4.78 is 22.4. The van der Waals surface area contributed by atoms with Crippen LogP contribution in [0.3, 0.4) is 0 Å². The zero-order chi connectivity index (χ0) is 10.6. The molecule has 1 aromatic rings. The van der Waals surface area contributed by atoms with Gasteiger partial charge >= 0.3 is 0 Å². The van der Waals surface area contributed by atoms with E-state index in [4.69, 9.17) is 5.14 Å². The van der Waals surface area contributed by atoms with Gasteiger partial charge in [0.05, 0.1) is 11.9 Å². The molecule has 1 fully saturated rings. The number of aromatic amines is 1. The van der Waals surface area contributed by atoms with E-state index in [-0.39, 0.29) is 16.2 Å². The molecule has 0 amide bonds. The molecule has 1 aliphatic carbocycles. The lowest BCUT2D eigenvalue weighted by atomic mass is 10.1. The maximum Gasteiger partial charge on any atom is 0.241 e. The van der Waals surface area contributed by atoms with Crippen molar-refractivity contribution in [3.63, 3.8) is 0 Å². The van der Waals surface area contributed by atoms with Crippen LogP contribution < -0.4 is 5.14 Å². The number of nitrogens with two attached hydrogens (primary N) is 1. The Morgan fingerprint density at radius 2 is 2.21 bits per heavy atom. The first kappa shape index (κ1) is 9.67. The maximum absolute atomic E-state index is 11.2. The first-order chi connectivity index (χ1) is 6.32. The van der Waals surface area contributed by atoms with E-state index in [1.165, 1.54) is 6.20 Å². The van der Waals surface area contributed by atoms with Crippen molar-refractivity contribution in [2.75, 3.05) is 0 Å². The minimum Gasteiger partial charge on any atom is -0.281 e. The SMILES string of the molecule is CC1(C)CC1c1[nH]ncc1S(N)(=O)=O. The molecule has 2 rings (SSSR count). The number of primary sulfonamides is 1. The minimum atomic E-state index is -3.64. The van der Waals surface area contributed by atoms with Gasteiger partial charge in [-0.1, -0.05) is 13.8 Å². The summed E-state index contributed by atoms with van der Waals surface area (Å²) in [5.74, 6) is 0.235. The largest absolute Gasteiger partial charge is 0.281 e. The Labute approximate surface area is 82.7 Å². The van der Waals surface area contributed by atoms with E-state index in [1.54, 1.807) is 0 Å². The van der Waals surface area contributed by atoms with Crippen molar-refractivity contribution < 1.29 is 8.42 Å². The van der Waals surface area contributed by atoms with Gasteiger partial charge in [-0.05, 0) is 11.8 Å². The predicted octanol–water partition coefficient (Wildman–Crippen LogP) is 0.571. The molecule has 1 heterocycles. The molecule has 1 unspecified atom stereocenters. The Bertz CT molecular complexity index is 461. The Balaban J connectivity index is 2.43. The van der Waals surface area contributed by atoms with Crippen molar-refractivity contribution in [1.29, 1.82) is 0 Å². The van der Waals surface area contributed by atoms with Crippen molar-refractivity contribution in [3.05, 3.63) is 11.9 Å². The molecule has 78 valence electrons. The number of rotatable bonds is 2. The number of hydrogen-bond acceptors (Lipinski definition) is 3. The number of nitrogens with zero attached hydrogens (tertiary/aromatic N) is 1. The van der Waals surface area contributed by atoms with E-state index >= 15 is 0 Å². The summed E-state index contributed by atoms with van der Waals surface area (Å²) in [4.78, 5) is 0.132. The predicted molar refractivity (Wildman–Crippen MR) is 51.1 cm³/mol. The van der Waals surface area contributed by atoms with Crippen LogP contribution in [-0.4, -0.2) is 18.6 Å². The van der Waals surface area contributed by atoms with Crippen LogP contribution in [0.5, 0.6) is 0 Å². The van der Waals surface area contributed by atoms with Gasteiger partial charge in [0.25, 0.3) is 0 Å². The van der Waals surface area contributed by atoms with Crippen molar-refractivity contribution >= 4 is 10.0 Å². The van der Waals surface area contributed by atoms with Crippen LogP contribution >= 0.6 is 0 Å². The van der Waals surface area contributed by atoms with Gasteiger partial charge in [0, 0.05) is 5.92 Å². The lowest BCUT2D eigenvalue weighted by Gasteiger charge is -2.02. The van der Waals surface area contributed by atoms with Crippen LogP contribution in [-0.2, 0) is 10.0 Å². The highest BCUT2D eigenvalue weighted by Gasteiger charge is 2.49. The van der Waals surface area contributed by atoms with Gasteiger partial charge in [0.2, 0.25) is 10.0 Å². The number of nitrogens with one attached hydrogen (secondary N) is 1. The van der Waals surface area contributed by atoms with Gasteiger partial charge in [-0.15, -0.1) is 0 Å². The lowest BCUT2D eigenvalue weighted by molar-refractivity contribution is 0.591. The van der Waals surface area contributed by atoms with E-state index in [0.717, 1.165) is 6.42 Å². The Morgan fingerprint density at radius 1 is 1.64 bits per heavy atom. The molecule has 5 nitrogen and oxygen atoms in total. The van der Waals surface area contributed by atoms with Crippen molar-refractivity contribution in [3.8, 4) is 0 Å². The molecule has 1 atom stereocenters. The van der Waals surface area contributed by atoms with Crippen LogP contribution in [0, 0.1) is 5.41 Å². The molecule has 14 heavy (non-hydrogen) atoms. The summed E-state index contributed by atoms with van der Waals surface area (Å²) in [7, 11) is -3.64. The molecule has 0 radical (unpaired) electrons. The summed E-state index contributed by atoms with van der Waals surface area (Å²) in [5, 5.41) is 11.5. The number of sulfonamides is 1. The highest BCUT2D eigenvalue weighted by atomic mass is 32.2. The first-order valence-corrected chi connectivity index (χ1v) is 5.93. The number of H-pyrrole nitrogens is 1. The summed E-state index contributed by atoms with van der Waals surface area (Å²) in [6.45, 7) is 4.18. The topological polar surface area (TPSA) is 88.8 Å². The molecule has 1 aromatic heterocycles. The fraction of sp³-hybridized carbons (Fsp3) is 0.625. The van der Waals surface area contributed by atoms with E-state index in [2.05, 4.69) is 24.0 Å². The molecule has 0 spiro atoms. The van der Waals surface area contributed by atoms with E-state index in [0.29, 0.717) is 5.69 Å². The molecule has 1 saturated carbocycles. The average Bonchev–Trinajstić information content (AvgIpc) is 2.47. The minimum absolute atomic E-state index is 0.132. The molecular weight excluding hydrogens is 202 g/mol. The van der Waals surface area contributed by atoms with E-state index < -0.39 is 10.0 Å². The summed E-state index contributed by atoms with van der Waals surface area (Å²) in [6.07, 6.45) is 2.25. The lowest BCUT2D eigenvalue weighted by Crippen LogP contribution is -2.13. The molecule has 0 aliphatic heterocycles.